The average Bonchev–Trinajstić information content (AvgIpc) is 3.12. The van der Waals surface area contributed by atoms with E-state index < -0.39 is 11.7 Å². The molecule has 0 bridgehead atoms. The van der Waals surface area contributed by atoms with Crippen molar-refractivity contribution in [2.45, 2.75) is 12.8 Å². The third-order valence-electron chi connectivity index (χ3n) is 4.52. The summed E-state index contributed by atoms with van der Waals surface area (Å²) in [5.74, 6) is 0.827. The van der Waals surface area contributed by atoms with E-state index in [2.05, 4.69) is 10.2 Å². The van der Waals surface area contributed by atoms with Crippen molar-refractivity contribution in [2.75, 3.05) is 0 Å². The van der Waals surface area contributed by atoms with E-state index in [1.54, 1.807) is 6.07 Å². The smallest absolute Gasteiger partial charge is 0.418 e. The van der Waals surface area contributed by atoms with Crippen molar-refractivity contribution in [3.05, 3.63) is 95.0 Å². The van der Waals surface area contributed by atoms with E-state index in [0.717, 1.165) is 17.2 Å². The zero-order chi connectivity index (χ0) is 21.1. The van der Waals surface area contributed by atoms with Gasteiger partial charge in [0.15, 0.2) is 10.6 Å². The van der Waals surface area contributed by atoms with Gasteiger partial charge < -0.3 is 4.74 Å². The predicted octanol–water partition coefficient (Wildman–Crippen LogP) is 6.19. The molecule has 0 fully saturated rings. The number of nitrogens with zero attached hydrogens (tertiary/aromatic N) is 2. The molecule has 152 valence electrons. The van der Waals surface area contributed by atoms with E-state index in [0.29, 0.717) is 5.75 Å². The second-order valence-corrected chi connectivity index (χ2v) is 6.83. The molecule has 0 aliphatic heterocycles. The van der Waals surface area contributed by atoms with Gasteiger partial charge in [0.2, 0.25) is 0 Å². The van der Waals surface area contributed by atoms with Crippen molar-refractivity contribution in [1.82, 2.24) is 14.8 Å². The number of hydrogen-bond acceptors (Lipinski definition) is 3. The second-order valence-electron chi connectivity index (χ2n) is 6.45. The SMILES string of the molecule is FC(F)(F)c1ccccc1-n1c(COc2ccccc2-c2ccccc2)n[nH]c1=S. The highest BCUT2D eigenvalue weighted by molar-refractivity contribution is 7.71. The molecule has 0 unspecified atom stereocenters. The fraction of sp³-hybridized carbons (Fsp3) is 0.0909. The van der Waals surface area contributed by atoms with Crippen molar-refractivity contribution >= 4 is 12.2 Å². The molecule has 1 N–H and O–H groups in total. The van der Waals surface area contributed by atoms with E-state index in [1.807, 2.05) is 48.5 Å². The van der Waals surface area contributed by atoms with Crippen molar-refractivity contribution in [2.24, 2.45) is 0 Å². The van der Waals surface area contributed by atoms with Gasteiger partial charge in [-0.25, -0.2) is 0 Å². The Kier molecular flexibility index (Phi) is 5.41. The highest BCUT2D eigenvalue weighted by atomic mass is 32.1. The molecule has 4 rings (SSSR count). The molecule has 0 spiro atoms. The van der Waals surface area contributed by atoms with Gasteiger partial charge in [-0.05, 0) is 36.0 Å². The third kappa shape index (κ3) is 3.99. The molecule has 3 aromatic carbocycles. The number of benzene rings is 3. The summed E-state index contributed by atoms with van der Waals surface area (Å²) in [6.45, 7) is -0.0663. The van der Waals surface area contributed by atoms with Gasteiger partial charge in [0, 0.05) is 5.56 Å². The van der Waals surface area contributed by atoms with Gasteiger partial charge in [-0.2, -0.15) is 18.3 Å². The minimum absolute atomic E-state index is 0.0571. The zero-order valence-corrected chi connectivity index (χ0v) is 16.4. The molecular formula is C22H16F3N3OS. The Morgan fingerprint density at radius 2 is 1.57 bits per heavy atom. The maximum atomic E-state index is 13.5. The Morgan fingerprint density at radius 3 is 2.33 bits per heavy atom. The van der Waals surface area contributed by atoms with Crippen LogP contribution in [0, 0.1) is 4.77 Å². The third-order valence-corrected chi connectivity index (χ3v) is 4.79. The Morgan fingerprint density at radius 1 is 0.900 bits per heavy atom. The standard InChI is InChI=1S/C22H16F3N3OS/c23-22(24,25)17-11-5-6-12-18(17)28-20(26-27-21(28)30)14-29-19-13-7-4-10-16(19)15-8-2-1-3-9-15/h1-13H,14H2,(H,27,30). The lowest BCUT2D eigenvalue weighted by atomic mass is 10.1. The topological polar surface area (TPSA) is 42.8 Å². The maximum absolute atomic E-state index is 13.5. The molecule has 0 saturated heterocycles. The number of ether oxygens (including phenoxy) is 1. The lowest BCUT2D eigenvalue weighted by molar-refractivity contribution is -0.137. The molecule has 1 aromatic heterocycles. The maximum Gasteiger partial charge on any atom is 0.418 e. The summed E-state index contributed by atoms with van der Waals surface area (Å²) >= 11 is 5.19. The van der Waals surface area contributed by atoms with Crippen LogP contribution in [-0.2, 0) is 12.8 Å². The first-order chi connectivity index (χ1) is 14.4. The summed E-state index contributed by atoms with van der Waals surface area (Å²) in [4.78, 5) is 0. The van der Waals surface area contributed by atoms with Gasteiger partial charge in [0.1, 0.15) is 12.4 Å². The van der Waals surface area contributed by atoms with Crippen molar-refractivity contribution in [3.63, 3.8) is 0 Å². The summed E-state index contributed by atoms with van der Waals surface area (Å²) < 4.78 is 47.7. The van der Waals surface area contributed by atoms with Crippen LogP contribution in [0.4, 0.5) is 13.2 Å². The van der Waals surface area contributed by atoms with E-state index in [9.17, 15) is 13.2 Å². The van der Waals surface area contributed by atoms with Gasteiger partial charge >= 0.3 is 6.18 Å². The fourth-order valence-corrected chi connectivity index (χ4v) is 3.42. The normalized spacial score (nSPS) is 11.4. The van der Waals surface area contributed by atoms with Crippen LogP contribution in [0.3, 0.4) is 0 Å². The van der Waals surface area contributed by atoms with Crippen LogP contribution >= 0.6 is 12.2 Å². The Hall–Kier alpha value is -3.39. The van der Waals surface area contributed by atoms with Crippen LogP contribution in [0.2, 0.25) is 0 Å². The Balaban J connectivity index is 1.69. The summed E-state index contributed by atoms with van der Waals surface area (Å²) in [5.41, 5.74) is 0.941. The summed E-state index contributed by atoms with van der Waals surface area (Å²) in [5, 5.41) is 6.65. The van der Waals surface area contributed by atoms with Crippen molar-refractivity contribution in [3.8, 4) is 22.6 Å². The Bertz CT molecular complexity index is 1220. The second kappa shape index (κ2) is 8.16. The molecule has 30 heavy (non-hydrogen) atoms. The summed E-state index contributed by atoms with van der Waals surface area (Å²) in [6, 6.07) is 22.3. The van der Waals surface area contributed by atoms with E-state index in [4.69, 9.17) is 17.0 Å². The van der Waals surface area contributed by atoms with Crippen molar-refractivity contribution in [1.29, 1.82) is 0 Å². The lowest BCUT2D eigenvalue weighted by Crippen LogP contribution is -2.13. The molecule has 1 heterocycles. The number of hydrogen-bond donors (Lipinski definition) is 1. The summed E-state index contributed by atoms with van der Waals surface area (Å²) in [7, 11) is 0. The van der Waals surface area contributed by atoms with Crippen LogP contribution in [0.25, 0.3) is 16.8 Å². The zero-order valence-electron chi connectivity index (χ0n) is 15.6. The predicted molar refractivity (Wildman–Crippen MR) is 110 cm³/mol. The highest BCUT2D eigenvalue weighted by Crippen LogP contribution is 2.34. The Labute approximate surface area is 175 Å². The average molecular weight is 427 g/mol. The van der Waals surface area contributed by atoms with E-state index >= 15 is 0 Å². The van der Waals surface area contributed by atoms with Gasteiger partial charge in [0.05, 0.1) is 11.3 Å². The van der Waals surface area contributed by atoms with Gasteiger partial charge in [-0.15, -0.1) is 0 Å². The quantitative estimate of drug-likeness (QED) is 0.386. The largest absolute Gasteiger partial charge is 0.485 e. The minimum Gasteiger partial charge on any atom is -0.485 e. The molecule has 0 radical (unpaired) electrons. The lowest BCUT2D eigenvalue weighted by Gasteiger charge is -2.15. The van der Waals surface area contributed by atoms with Gasteiger partial charge in [-0.3, -0.25) is 9.67 Å². The van der Waals surface area contributed by atoms with Crippen LogP contribution in [0.15, 0.2) is 78.9 Å². The van der Waals surface area contributed by atoms with Gasteiger partial charge in [0.25, 0.3) is 0 Å². The van der Waals surface area contributed by atoms with Crippen LogP contribution in [-0.4, -0.2) is 14.8 Å². The molecule has 0 atom stereocenters. The molecule has 0 amide bonds. The molecule has 0 aliphatic carbocycles. The van der Waals surface area contributed by atoms with Crippen LogP contribution in [0.1, 0.15) is 11.4 Å². The first kappa shape index (κ1) is 19.9. The van der Waals surface area contributed by atoms with Crippen LogP contribution < -0.4 is 4.74 Å². The first-order valence-electron chi connectivity index (χ1n) is 9.05. The molecule has 0 aliphatic rings. The first-order valence-corrected chi connectivity index (χ1v) is 9.46. The number of para-hydroxylation sites is 2. The highest BCUT2D eigenvalue weighted by Gasteiger charge is 2.34. The number of aromatic amines is 1. The molecular weight excluding hydrogens is 411 g/mol. The van der Waals surface area contributed by atoms with E-state index in [1.165, 1.54) is 22.8 Å². The summed E-state index contributed by atoms with van der Waals surface area (Å²) in [6.07, 6.45) is -4.53. The fourth-order valence-electron chi connectivity index (χ4n) is 3.17. The number of rotatable bonds is 5. The van der Waals surface area contributed by atoms with E-state index in [-0.39, 0.29) is 22.9 Å². The molecule has 8 heteroatoms. The number of nitrogens with one attached hydrogen (secondary N) is 1. The van der Waals surface area contributed by atoms with Gasteiger partial charge in [-0.1, -0.05) is 60.7 Å². The number of aromatic nitrogens is 3. The van der Waals surface area contributed by atoms with Crippen LogP contribution in [0.5, 0.6) is 5.75 Å². The molecule has 0 saturated carbocycles. The molecule has 4 aromatic rings. The van der Waals surface area contributed by atoms with Crippen molar-refractivity contribution < 1.29 is 17.9 Å². The molecule has 4 nitrogen and oxygen atoms in total. The minimum atomic E-state index is -4.53. The number of halogens is 3. The monoisotopic (exact) mass is 427 g/mol. The number of alkyl halides is 3. The number of H-pyrrole nitrogens is 1.